The SMILES string of the molecule is CCCc1ccc(C(NN)c2cc(Cl)ccc2Br)cc1. The van der Waals surface area contributed by atoms with Crippen molar-refractivity contribution in [3.05, 3.63) is 68.7 Å². The van der Waals surface area contributed by atoms with E-state index in [1.165, 1.54) is 5.56 Å². The number of nitrogens with one attached hydrogen (secondary N) is 1. The summed E-state index contributed by atoms with van der Waals surface area (Å²) in [5, 5.41) is 0.700. The van der Waals surface area contributed by atoms with Crippen molar-refractivity contribution in [1.82, 2.24) is 5.43 Å². The second-order valence-electron chi connectivity index (χ2n) is 4.76. The largest absolute Gasteiger partial charge is 0.271 e. The fraction of sp³-hybridized carbons (Fsp3) is 0.250. The molecule has 0 heterocycles. The van der Waals surface area contributed by atoms with Gasteiger partial charge >= 0.3 is 0 Å². The van der Waals surface area contributed by atoms with E-state index in [1.807, 2.05) is 18.2 Å². The summed E-state index contributed by atoms with van der Waals surface area (Å²) in [7, 11) is 0. The molecule has 0 amide bonds. The maximum atomic E-state index is 6.08. The molecule has 1 atom stereocenters. The molecule has 0 saturated carbocycles. The highest BCUT2D eigenvalue weighted by Gasteiger charge is 2.15. The van der Waals surface area contributed by atoms with E-state index in [-0.39, 0.29) is 6.04 Å². The third-order valence-electron chi connectivity index (χ3n) is 3.29. The minimum absolute atomic E-state index is 0.0845. The first-order valence-corrected chi connectivity index (χ1v) is 7.82. The average molecular weight is 354 g/mol. The van der Waals surface area contributed by atoms with Crippen LogP contribution in [0.2, 0.25) is 5.02 Å². The van der Waals surface area contributed by atoms with Crippen LogP contribution in [0.25, 0.3) is 0 Å². The van der Waals surface area contributed by atoms with Gasteiger partial charge in [-0.25, -0.2) is 5.43 Å². The number of benzene rings is 2. The molecule has 0 fully saturated rings. The van der Waals surface area contributed by atoms with Gasteiger partial charge < -0.3 is 0 Å². The van der Waals surface area contributed by atoms with Crippen LogP contribution in [-0.4, -0.2) is 0 Å². The van der Waals surface area contributed by atoms with Crippen LogP contribution in [0.1, 0.15) is 36.1 Å². The number of hydrazine groups is 1. The lowest BCUT2D eigenvalue weighted by Crippen LogP contribution is -2.29. The van der Waals surface area contributed by atoms with Crippen molar-refractivity contribution in [3.8, 4) is 0 Å². The van der Waals surface area contributed by atoms with E-state index in [2.05, 4.69) is 52.5 Å². The number of rotatable bonds is 5. The summed E-state index contributed by atoms with van der Waals surface area (Å²) in [6, 6.07) is 14.2. The van der Waals surface area contributed by atoms with Crippen LogP contribution >= 0.6 is 27.5 Å². The third kappa shape index (κ3) is 3.61. The fourth-order valence-electron chi connectivity index (χ4n) is 2.27. The number of aryl methyl sites for hydroxylation is 1. The van der Waals surface area contributed by atoms with Gasteiger partial charge in [-0.05, 0) is 41.3 Å². The highest BCUT2D eigenvalue weighted by atomic mass is 79.9. The molecule has 2 aromatic rings. The molecule has 0 saturated heterocycles. The predicted octanol–water partition coefficient (Wildman–Crippen LogP) is 4.61. The molecular weight excluding hydrogens is 336 g/mol. The van der Waals surface area contributed by atoms with E-state index in [9.17, 15) is 0 Å². The molecule has 106 valence electrons. The molecule has 0 radical (unpaired) electrons. The molecule has 0 spiro atoms. The number of hydrogen-bond acceptors (Lipinski definition) is 2. The minimum Gasteiger partial charge on any atom is -0.271 e. The first-order chi connectivity index (χ1) is 9.65. The second kappa shape index (κ2) is 7.23. The summed E-state index contributed by atoms with van der Waals surface area (Å²) < 4.78 is 0.988. The highest BCUT2D eigenvalue weighted by Crippen LogP contribution is 2.30. The van der Waals surface area contributed by atoms with Gasteiger partial charge in [-0.1, -0.05) is 65.1 Å². The summed E-state index contributed by atoms with van der Waals surface area (Å²) >= 11 is 9.64. The maximum absolute atomic E-state index is 6.08. The zero-order valence-corrected chi connectivity index (χ0v) is 13.7. The van der Waals surface area contributed by atoms with Crippen LogP contribution < -0.4 is 11.3 Å². The fourth-order valence-corrected chi connectivity index (χ4v) is 2.92. The molecule has 0 bridgehead atoms. The molecular formula is C16H18BrClN2. The Hall–Kier alpha value is -0.870. The topological polar surface area (TPSA) is 38.0 Å². The summed E-state index contributed by atoms with van der Waals surface area (Å²) in [5.41, 5.74) is 6.36. The zero-order valence-electron chi connectivity index (χ0n) is 11.4. The Labute approximate surface area is 133 Å². The van der Waals surface area contributed by atoms with E-state index < -0.39 is 0 Å². The molecule has 1 unspecified atom stereocenters. The van der Waals surface area contributed by atoms with Crippen molar-refractivity contribution < 1.29 is 0 Å². The lowest BCUT2D eigenvalue weighted by Gasteiger charge is -2.19. The van der Waals surface area contributed by atoms with Crippen LogP contribution in [0, 0.1) is 0 Å². The van der Waals surface area contributed by atoms with Crippen LogP contribution in [-0.2, 0) is 6.42 Å². The number of nitrogens with two attached hydrogens (primary N) is 1. The van der Waals surface area contributed by atoms with E-state index in [0.717, 1.165) is 28.4 Å². The van der Waals surface area contributed by atoms with Crippen molar-refractivity contribution in [2.75, 3.05) is 0 Å². The third-order valence-corrected chi connectivity index (χ3v) is 4.24. The second-order valence-corrected chi connectivity index (χ2v) is 6.05. The Morgan fingerprint density at radius 3 is 2.50 bits per heavy atom. The molecule has 0 aliphatic carbocycles. The van der Waals surface area contributed by atoms with Gasteiger partial charge in [-0.15, -0.1) is 0 Å². The van der Waals surface area contributed by atoms with Crippen molar-refractivity contribution in [3.63, 3.8) is 0 Å². The zero-order chi connectivity index (χ0) is 14.5. The smallest absolute Gasteiger partial charge is 0.0721 e. The van der Waals surface area contributed by atoms with E-state index >= 15 is 0 Å². The van der Waals surface area contributed by atoms with Gasteiger partial charge in [-0.3, -0.25) is 5.84 Å². The van der Waals surface area contributed by atoms with Gasteiger partial charge in [0.2, 0.25) is 0 Å². The van der Waals surface area contributed by atoms with Crippen LogP contribution in [0.4, 0.5) is 0 Å². The van der Waals surface area contributed by atoms with Gasteiger partial charge in [0.05, 0.1) is 6.04 Å². The molecule has 0 aliphatic heterocycles. The molecule has 0 aromatic heterocycles. The summed E-state index contributed by atoms with van der Waals surface area (Å²) in [4.78, 5) is 0. The van der Waals surface area contributed by atoms with Crippen LogP contribution in [0.5, 0.6) is 0 Å². The molecule has 3 N–H and O–H groups in total. The van der Waals surface area contributed by atoms with Gasteiger partial charge in [0.1, 0.15) is 0 Å². The van der Waals surface area contributed by atoms with E-state index in [1.54, 1.807) is 0 Å². The summed E-state index contributed by atoms with van der Waals surface area (Å²) in [6.45, 7) is 2.18. The average Bonchev–Trinajstić information content (AvgIpc) is 2.45. The normalized spacial score (nSPS) is 12.4. The minimum atomic E-state index is -0.0845. The van der Waals surface area contributed by atoms with Crippen molar-refractivity contribution in [2.45, 2.75) is 25.8 Å². The summed E-state index contributed by atoms with van der Waals surface area (Å²) in [5.74, 6) is 5.74. The van der Waals surface area contributed by atoms with Gasteiger partial charge in [0.25, 0.3) is 0 Å². The Morgan fingerprint density at radius 1 is 1.20 bits per heavy atom. The Balaban J connectivity index is 2.34. The molecule has 2 aromatic carbocycles. The Kier molecular flexibility index (Phi) is 5.61. The summed E-state index contributed by atoms with van der Waals surface area (Å²) in [6.07, 6.45) is 2.25. The van der Waals surface area contributed by atoms with Crippen molar-refractivity contribution in [1.29, 1.82) is 0 Å². The van der Waals surface area contributed by atoms with E-state index in [4.69, 9.17) is 17.4 Å². The molecule has 2 nitrogen and oxygen atoms in total. The molecule has 0 aliphatic rings. The molecule has 4 heteroatoms. The monoisotopic (exact) mass is 352 g/mol. The number of halogens is 2. The quantitative estimate of drug-likeness (QED) is 0.608. The van der Waals surface area contributed by atoms with Crippen LogP contribution in [0.3, 0.4) is 0 Å². The number of hydrogen-bond donors (Lipinski definition) is 2. The van der Waals surface area contributed by atoms with Gasteiger partial charge in [-0.2, -0.15) is 0 Å². The first kappa shape index (κ1) is 15.5. The van der Waals surface area contributed by atoms with Crippen LogP contribution in [0.15, 0.2) is 46.9 Å². The Bertz CT molecular complexity index is 569. The van der Waals surface area contributed by atoms with Gasteiger partial charge in [0.15, 0.2) is 0 Å². The Morgan fingerprint density at radius 2 is 1.90 bits per heavy atom. The van der Waals surface area contributed by atoms with Gasteiger partial charge in [0, 0.05) is 9.50 Å². The lowest BCUT2D eigenvalue weighted by atomic mass is 9.97. The molecule has 2 rings (SSSR count). The van der Waals surface area contributed by atoms with Crippen molar-refractivity contribution in [2.24, 2.45) is 5.84 Å². The first-order valence-electron chi connectivity index (χ1n) is 6.65. The highest BCUT2D eigenvalue weighted by molar-refractivity contribution is 9.10. The van der Waals surface area contributed by atoms with E-state index in [0.29, 0.717) is 5.02 Å². The predicted molar refractivity (Wildman–Crippen MR) is 88.8 cm³/mol. The standard InChI is InChI=1S/C16H18BrClN2/c1-2-3-11-4-6-12(7-5-11)16(20-19)14-10-13(18)8-9-15(14)17/h4-10,16,20H,2-3,19H2,1H3. The lowest BCUT2D eigenvalue weighted by molar-refractivity contribution is 0.634. The maximum Gasteiger partial charge on any atom is 0.0721 e. The molecule has 20 heavy (non-hydrogen) atoms. The van der Waals surface area contributed by atoms with Crippen molar-refractivity contribution >= 4 is 27.5 Å².